The highest BCUT2D eigenvalue weighted by Gasteiger charge is 2.10. The van der Waals surface area contributed by atoms with E-state index in [0.717, 1.165) is 10.2 Å². The van der Waals surface area contributed by atoms with E-state index in [1.54, 1.807) is 23.5 Å². The van der Waals surface area contributed by atoms with Crippen molar-refractivity contribution in [1.29, 1.82) is 0 Å². The van der Waals surface area contributed by atoms with E-state index >= 15 is 0 Å². The van der Waals surface area contributed by atoms with Crippen LogP contribution in [0, 0.1) is 0 Å². The Kier molecular flexibility index (Phi) is 4.76. The zero-order valence-electron chi connectivity index (χ0n) is 13.9. The molecular formula is C20H20N2OS. The summed E-state index contributed by atoms with van der Waals surface area (Å²) >= 11 is 1.55. The van der Waals surface area contributed by atoms with Crippen molar-refractivity contribution in [3.8, 4) is 0 Å². The zero-order valence-corrected chi connectivity index (χ0v) is 14.7. The van der Waals surface area contributed by atoms with Crippen LogP contribution in [-0.2, 0) is 6.54 Å². The number of nitrogens with zero attached hydrogens (tertiary/aromatic N) is 2. The quantitative estimate of drug-likeness (QED) is 0.633. The van der Waals surface area contributed by atoms with Crippen LogP contribution in [0.15, 0.2) is 66.2 Å². The normalized spacial score (nSPS) is 12.0. The van der Waals surface area contributed by atoms with Crippen LogP contribution in [0.1, 0.15) is 35.7 Å². The molecule has 0 spiro atoms. The molecule has 1 aromatic heterocycles. The maximum Gasteiger partial charge on any atom is 0.279 e. The van der Waals surface area contributed by atoms with Crippen LogP contribution in [0.4, 0.5) is 0 Å². The average molecular weight is 336 g/mol. The van der Waals surface area contributed by atoms with Crippen molar-refractivity contribution in [1.82, 2.24) is 4.57 Å². The van der Waals surface area contributed by atoms with Crippen molar-refractivity contribution in [3.63, 3.8) is 0 Å². The molecule has 0 radical (unpaired) electrons. The van der Waals surface area contributed by atoms with Crippen molar-refractivity contribution in [3.05, 3.63) is 77.1 Å². The fraction of sp³-hybridized carbons (Fsp3) is 0.200. The summed E-state index contributed by atoms with van der Waals surface area (Å²) in [5, 5.41) is 0. The van der Waals surface area contributed by atoms with Crippen molar-refractivity contribution in [2.45, 2.75) is 26.3 Å². The summed E-state index contributed by atoms with van der Waals surface area (Å²) in [7, 11) is 0. The van der Waals surface area contributed by atoms with Crippen molar-refractivity contribution < 1.29 is 4.79 Å². The number of aromatic nitrogens is 1. The summed E-state index contributed by atoms with van der Waals surface area (Å²) in [5.41, 5.74) is 2.97. The number of carbonyl (C=O) groups is 1. The molecule has 0 saturated heterocycles. The lowest BCUT2D eigenvalue weighted by Gasteiger charge is -2.05. The lowest BCUT2D eigenvalue weighted by Crippen LogP contribution is -2.16. The van der Waals surface area contributed by atoms with Gasteiger partial charge in [0.1, 0.15) is 0 Å². The number of benzene rings is 2. The van der Waals surface area contributed by atoms with Gasteiger partial charge < -0.3 is 4.57 Å². The molecule has 3 nitrogen and oxygen atoms in total. The van der Waals surface area contributed by atoms with Gasteiger partial charge >= 0.3 is 0 Å². The van der Waals surface area contributed by atoms with Crippen molar-refractivity contribution >= 4 is 27.5 Å². The summed E-state index contributed by atoms with van der Waals surface area (Å²) in [6.07, 6.45) is 1.83. The minimum atomic E-state index is -0.218. The number of fused-ring (bicyclic) bond motifs is 1. The fourth-order valence-corrected chi connectivity index (χ4v) is 3.66. The molecule has 0 fully saturated rings. The fourth-order valence-electron chi connectivity index (χ4n) is 2.57. The first-order chi connectivity index (χ1) is 11.6. The third-order valence-corrected chi connectivity index (χ3v) is 4.94. The van der Waals surface area contributed by atoms with Crippen molar-refractivity contribution in [2.75, 3.05) is 0 Å². The number of allylic oxidation sites excluding steroid dienone is 1. The third kappa shape index (κ3) is 3.24. The Bertz CT molecular complexity index is 949. The summed E-state index contributed by atoms with van der Waals surface area (Å²) in [5.74, 6) is 0.250. The number of amides is 1. The standard InChI is InChI=1S/C20H20N2OS/c1-4-12-22-17-11-10-16(14(2)3)13-18(17)24-20(22)21-19(23)15-8-6-5-7-9-15/h4-11,13-14H,1,12H2,2-3H3. The van der Waals surface area contributed by atoms with E-state index in [1.165, 1.54) is 5.56 Å². The predicted octanol–water partition coefficient (Wildman–Crippen LogP) is 4.75. The van der Waals surface area contributed by atoms with Crippen LogP contribution < -0.4 is 4.80 Å². The summed E-state index contributed by atoms with van der Waals surface area (Å²) < 4.78 is 3.18. The smallest absolute Gasteiger partial charge is 0.279 e. The molecule has 4 heteroatoms. The first kappa shape index (κ1) is 16.4. The maximum absolute atomic E-state index is 12.4. The Hall–Kier alpha value is -2.46. The Morgan fingerprint density at radius 2 is 2.00 bits per heavy atom. The third-order valence-electron chi connectivity index (χ3n) is 3.90. The molecule has 122 valence electrons. The Morgan fingerprint density at radius 3 is 2.67 bits per heavy atom. The second kappa shape index (κ2) is 6.97. The van der Waals surface area contributed by atoms with Gasteiger partial charge in [0.25, 0.3) is 5.91 Å². The second-order valence-electron chi connectivity index (χ2n) is 5.95. The second-order valence-corrected chi connectivity index (χ2v) is 6.96. The lowest BCUT2D eigenvalue weighted by molar-refractivity contribution is 0.0998. The van der Waals surface area contributed by atoms with E-state index in [0.29, 0.717) is 22.8 Å². The van der Waals surface area contributed by atoms with Gasteiger partial charge in [-0.3, -0.25) is 4.79 Å². The number of rotatable bonds is 4. The molecule has 0 aliphatic rings. The van der Waals surface area contributed by atoms with Gasteiger partial charge in [0.2, 0.25) is 0 Å². The van der Waals surface area contributed by atoms with E-state index in [2.05, 4.69) is 43.6 Å². The van der Waals surface area contributed by atoms with E-state index in [-0.39, 0.29) is 5.91 Å². The van der Waals surface area contributed by atoms with Crippen LogP contribution in [0.25, 0.3) is 10.2 Å². The van der Waals surface area contributed by atoms with E-state index in [4.69, 9.17) is 0 Å². The molecule has 0 aliphatic heterocycles. The molecule has 0 aliphatic carbocycles. The minimum Gasteiger partial charge on any atom is -0.312 e. The molecule has 3 rings (SSSR count). The lowest BCUT2D eigenvalue weighted by atomic mass is 10.0. The molecule has 1 heterocycles. The molecular weight excluding hydrogens is 316 g/mol. The largest absolute Gasteiger partial charge is 0.312 e. The highest BCUT2D eigenvalue weighted by atomic mass is 32.1. The van der Waals surface area contributed by atoms with Crippen LogP contribution in [0.5, 0.6) is 0 Å². The number of carbonyl (C=O) groups excluding carboxylic acids is 1. The minimum absolute atomic E-state index is 0.218. The number of thiazole rings is 1. The number of hydrogen-bond donors (Lipinski definition) is 0. The summed E-state index contributed by atoms with van der Waals surface area (Å²) in [6.45, 7) is 8.81. The van der Waals surface area contributed by atoms with E-state index in [1.807, 2.05) is 28.8 Å². The topological polar surface area (TPSA) is 34.4 Å². The van der Waals surface area contributed by atoms with Gasteiger partial charge in [-0.2, -0.15) is 4.99 Å². The maximum atomic E-state index is 12.4. The van der Waals surface area contributed by atoms with Gasteiger partial charge in [0.15, 0.2) is 4.80 Å². The molecule has 24 heavy (non-hydrogen) atoms. The molecule has 1 amide bonds. The first-order valence-electron chi connectivity index (χ1n) is 7.98. The van der Waals surface area contributed by atoms with Crippen molar-refractivity contribution in [2.24, 2.45) is 4.99 Å². The Labute approximate surface area is 145 Å². The molecule has 0 N–H and O–H groups in total. The van der Waals surface area contributed by atoms with Gasteiger partial charge in [0.05, 0.1) is 10.2 Å². The van der Waals surface area contributed by atoms with Crippen LogP contribution in [-0.4, -0.2) is 10.5 Å². The highest BCUT2D eigenvalue weighted by Crippen LogP contribution is 2.23. The molecule has 0 saturated carbocycles. The van der Waals surface area contributed by atoms with Gasteiger partial charge in [-0.25, -0.2) is 0 Å². The molecule has 0 unspecified atom stereocenters. The summed E-state index contributed by atoms with van der Waals surface area (Å²) in [4.78, 5) is 17.5. The predicted molar refractivity (Wildman–Crippen MR) is 100 cm³/mol. The van der Waals surface area contributed by atoms with Gasteiger partial charge in [-0.05, 0) is 35.7 Å². The first-order valence-corrected chi connectivity index (χ1v) is 8.80. The van der Waals surface area contributed by atoms with Crippen LogP contribution >= 0.6 is 11.3 Å². The Balaban J connectivity index is 2.15. The highest BCUT2D eigenvalue weighted by molar-refractivity contribution is 7.16. The summed E-state index contributed by atoms with van der Waals surface area (Å²) in [6, 6.07) is 15.6. The zero-order chi connectivity index (χ0) is 17.1. The van der Waals surface area contributed by atoms with Gasteiger partial charge in [-0.1, -0.05) is 55.5 Å². The van der Waals surface area contributed by atoms with Gasteiger partial charge in [-0.15, -0.1) is 6.58 Å². The van der Waals surface area contributed by atoms with Crippen LogP contribution in [0.2, 0.25) is 0 Å². The number of hydrogen-bond acceptors (Lipinski definition) is 2. The van der Waals surface area contributed by atoms with Gasteiger partial charge in [0, 0.05) is 12.1 Å². The molecule has 0 atom stereocenters. The molecule has 0 bridgehead atoms. The monoisotopic (exact) mass is 336 g/mol. The molecule has 3 aromatic rings. The van der Waals surface area contributed by atoms with Crippen LogP contribution in [0.3, 0.4) is 0 Å². The SMILES string of the molecule is C=CCn1c(=NC(=O)c2ccccc2)sc2cc(C(C)C)ccc21. The van der Waals surface area contributed by atoms with E-state index < -0.39 is 0 Å². The average Bonchev–Trinajstić information content (AvgIpc) is 2.92. The Morgan fingerprint density at radius 1 is 1.25 bits per heavy atom. The van der Waals surface area contributed by atoms with E-state index in [9.17, 15) is 4.79 Å². The molecule has 2 aromatic carbocycles.